The number of aromatic hydroxyl groups is 1. The van der Waals surface area contributed by atoms with Crippen LogP contribution in [0, 0.1) is 5.82 Å². The average Bonchev–Trinajstić information content (AvgIpc) is 3.23. The first-order chi connectivity index (χ1) is 14.5. The van der Waals surface area contributed by atoms with Crippen molar-refractivity contribution >= 4 is 16.9 Å². The summed E-state index contributed by atoms with van der Waals surface area (Å²) in [5, 5.41) is 13.1. The van der Waals surface area contributed by atoms with E-state index in [4.69, 9.17) is 0 Å². The molecule has 0 unspecified atom stereocenters. The van der Waals surface area contributed by atoms with Crippen molar-refractivity contribution < 1.29 is 14.3 Å². The van der Waals surface area contributed by atoms with Gasteiger partial charge in [-0.05, 0) is 35.7 Å². The molecule has 0 fully saturated rings. The van der Waals surface area contributed by atoms with Crippen molar-refractivity contribution in [2.24, 2.45) is 0 Å². The lowest BCUT2D eigenvalue weighted by molar-refractivity contribution is 0.0950. The van der Waals surface area contributed by atoms with E-state index in [0.717, 1.165) is 16.8 Å². The Morgan fingerprint density at radius 3 is 2.70 bits per heavy atom. The molecule has 0 atom stereocenters. The Kier molecular flexibility index (Phi) is 5.25. The van der Waals surface area contributed by atoms with Crippen molar-refractivity contribution in [3.8, 4) is 5.75 Å². The summed E-state index contributed by atoms with van der Waals surface area (Å²) in [5.74, 6) is -1.48. The number of halogens is 1. The third-order valence-electron chi connectivity index (χ3n) is 4.66. The normalized spacial score (nSPS) is 11.0. The van der Waals surface area contributed by atoms with Gasteiger partial charge in [-0.25, -0.2) is 9.37 Å². The number of benzene rings is 1. The van der Waals surface area contributed by atoms with Gasteiger partial charge in [0.1, 0.15) is 16.9 Å². The van der Waals surface area contributed by atoms with Gasteiger partial charge in [0.15, 0.2) is 5.75 Å². The topological polar surface area (TPSA) is 124 Å². The molecule has 0 saturated carbocycles. The van der Waals surface area contributed by atoms with Crippen LogP contribution in [0.5, 0.6) is 5.75 Å². The summed E-state index contributed by atoms with van der Waals surface area (Å²) >= 11 is 0. The number of hydrogen-bond acceptors (Lipinski definition) is 5. The molecule has 4 aromatic rings. The monoisotopic (exact) mass is 407 g/mol. The molecule has 4 N–H and O–H groups in total. The van der Waals surface area contributed by atoms with Crippen LogP contribution in [-0.2, 0) is 12.8 Å². The van der Waals surface area contributed by atoms with Crippen molar-refractivity contribution in [1.82, 2.24) is 25.3 Å². The van der Waals surface area contributed by atoms with Gasteiger partial charge in [0.05, 0.1) is 11.8 Å². The van der Waals surface area contributed by atoms with Crippen LogP contribution in [0.15, 0.2) is 53.8 Å². The van der Waals surface area contributed by atoms with E-state index in [1.807, 2.05) is 0 Å². The first-order valence-corrected chi connectivity index (χ1v) is 9.25. The molecule has 0 saturated heterocycles. The molecule has 0 bridgehead atoms. The van der Waals surface area contributed by atoms with Crippen molar-refractivity contribution in [3.63, 3.8) is 0 Å². The Hall–Kier alpha value is -4.01. The number of carbonyl (C=O) groups is 1. The van der Waals surface area contributed by atoms with Crippen LogP contribution in [0.4, 0.5) is 4.39 Å². The molecule has 0 aliphatic rings. The van der Waals surface area contributed by atoms with E-state index < -0.39 is 17.2 Å². The van der Waals surface area contributed by atoms with Gasteiger partial charge in [-0.2, -0.15) is 0 Å². The second-order valence-corrected chi connectivity index (χ2v) is 6.80. The molecule has 30 heavy (non-hydrogen) atoms. The average molecular weight is 407 g/mol. The minimum absolute atomic E-state index is 0.121. The lowest BCUT2D eigenvalue weighted by Crippen LogP contribution is -2.31. The zero-order valence-electron chi connectivity index (χ0n) is 15.8. The minimum atomic E-state index is -0.709. The third-order valence-corrected chi connectivity index (χ3v) is 4.66. The highest BCUT2D eigenvalue weighted by atomic mass is 19.1. The Labute approximate surface area is 169 Å². The maximum absolute atomic E-state index is 13.1. The van der Waals surface area contributed by atoms with Crippen molar-refractivity contribution in [2.75, 3.05) is 6.54 Å². The highest BCUT2D eigenvalue weighted by molar-refractivity contribution is 6.01. The molecule has 3 heterocycles. The van der Waals surface area contributed by atoms with Gasteiger partial charge in [-0.15, -0.1) is 0 Å². The molecule has 8 nitrogen and oxygen atoms in total. The van der Waals surface area contributed by atoms with Crippen molar-refractivity contribution in [3.05, 3.63) is 87.6 Å². The van der Waals surface area contributed by atoms with Gasteiger partial charge in [0, 0.05) is 31.1 Å². The van der Waals surface area contributed by atoms with E-state index in [1.54, 1.807) is 30.6 Å². The number of nitrogens with zero attached hydrogens (tertiary/aromatic N) is 2. The van der Waals surface area contributed by atoms with Gasteiger partial charge in [0.25, 0.3) is 11.5 Å². The van der Waals surface area contributed by atoms with Crippen LogP contribution in [0.3, 0.4) is 0 Å². The van der Waals surface area contributed by atoms with E-state index in [9.17, 15) is 19.1 Å². The zero-order valence-corrected chi connectivity index (χ0v) is 15.8. The second-order valence-electron chi connectivity index (χ2n) is 6.80. The van der Waals surface area contributed by atoms with Crippen LogP contribution in [0.1, 0.15) is 27.2 Å². The van der Waals surface area contributed by atoms with E-state index in [1.165, 1.54) is 18.5 Å². The van der Waals surface area contributed by atoms with Gasteiger partial charge in [-0.3, -0.25) is 14.6 Å². The molecule has 0 aliphatic carbocycles. The Bertz CT molecular complexity index is 1250. The van der Waals surface area contributed by atoms with Gasteiger partial charge < -0.3 is 20.4 Å². The number of pyridine rings is 2. The van der Waals surface area contributed by atoms with Gasteiger partial charge >= 0.3 is 0 Å². The molecule has 4 rings (SSSR count). The lowest BCUT2D eigenvalue weighted by Gasteiger charge is -2.09. The van der Waals surface area contributed by atoms with Crippen molar-refractivity contribution in [2.45, 2.75) is 12.8 Å². The van der Waals surface area contributed by atoms with Crippen LogP contribution in [0.25, 0.3) is 11.0 Å². The summed E-state index contributed by atoms with van der Waals surface area (Å²) in [6.45, 7) is 0.266. The number of imidazole rings is 1. The molecule has 3 aromatic heterocycles. The Morgan fingerprint density at radius 1 is 1.17 bits per heavy atom. The molecule has 0 radical (unpaired) electrons. The fourth-order valence-corrected chi connectivity index (χ4v) is 3.17. The van der Waals surface area contributed by atoms with E-state index >= 15 is 0 Å². The van der Waals surface area contributed by atoms with Gasteiger partial charge in [0.2, 0.25) is 0 Å². The predicted molar refractivity (Wildman–Crippen MR) is 108 cm³/mol. The number of hydrogen-bond donors (Lipinski definition) is 4. The van der Waals surface area contributed by atoms with Crippen LogP contribution < -0.4 is 10.9 Å². The summed E-state index contributed by atoms with van der Waals surface area (Å²) in [6, 6.07) is 7.74. The largest absolute Gasteiger partial charge is 0.505 e. The van der Waals surface area contributed by atoms with Crippen LogP contribution in [0.2, 0.25) is 0 Å². The first-order valence-electron chi connectivity index (χ1n) is 9.25. The Morgan fingerprint density at radius 2 is 1.97 bits per heavy atom. The van der Waals surface area contributed by atoms with Crippen LogP contribution in [-0.4, -0.2) is 37.5 Å². The summed E-state index contributed by atoms with van der Waals surface area (Å²) in [7, 11) is 0. The number of rotatable bonds is 6. The molecule has 1 amide bonds. The van der Waals surface area contributed by atoms with Crippen LogP contribution >= 0.6 is 0 Å². The molecule has 9 heteroatoms. The van der Waals surface area contributed by atoms with Crippen molar-refractivity contribution in [1.29, 1.82) is 0 Å². The number of aromatic nitrogens is 4. The number of aromatic amines is 2. The van der Waals surface area contributed by atoms with E-state index in [2.05, 4.69) is 25.3 Å². The summed E-state index contributed by atoms with van der Waals surface area (Å²) < 4.78 is 13.1. The molecule has 152 valence electrons. The molecule has 0 spiro atoms. The smallest absolute Gasteiger partial charge is 0.265 e. The minimum Gasteiger partial charge on any atom is -0.505 e. The lowest BCUT2D eigenvalue weighted by atomic mass is 10.1. The third kappa shape index (κ3) is 4.04. The Balaban J connectivity index is 1.55. The molecule has 1 aromatic carbocycles. The number of fused-ring (bicyclic) bond motifs is 1. The van der Waals surface area contributed by atoms with E-state index in [0.29, 0.717) is 18.4 Å². The summed E-state index contributed by atoms with van der Waals surface area (Å²) in [5.41, 5.74) is 1.81. The zero-order chi connectivity index (χ0) is 21.1. The summed E-state index contributed by atoms with van der Waals surface area (Å²) in [6.07, 6.45) is 5.70. The van der Waals surface area contributed by atoms with E-state index in [-0.39, 0.29) is 23.4 Å². The highest BCUT2D eigenvalue weighted by Crippen LogP contribution is 2.24. The fraction of sp³-hybridized carbons (Fsp3) is 0.143. The van der Waals surface area contributed by atoms with Gasteiger partial charge in [-0.1, -0.05) is 12.1 Å². The highest BCUT2D eigenvalue weighted by Gasteiger charge is 2.20. The summed E-state index contributed by atoms with van der Waals surface area (Å²) in [4.78, 5) is 38.5. The SMILES string of the molecule is O=C(NCCc1cnc[nH]1)c1c(O)c2ncc(Cc3ccc(F)cc3)cc2[nH]c1=O. The maximum Gasteiger partial charge on any atom is 0.265 e. The number of carbonyl (C=O) groups excluding carboxylic acids is 1. The number of H-pyrrole nitrogens is 2. The first kappa shape index (κ1) is 19.3. The quantitative estimate of drug-likeness (QED) is 0.390. The standard InChI is InChI=1S/C21H18FN5O3/c22-14-3-1-12(2-4-14)7-13-8-16-18(25-9-13)19(28)17(21(30)27-16)20(29)24-6-5-15-10-23-11-26-15/h1-4,8-11H,5-7H2,(H,23,26)(H,24,29)(H2,27,28,30). The maximum atomic E-state index is 13.1. The second kappa shape index (κ2) is 8.16. The molecular weight excluding hydrogens is 389 g/mol. The molecule has 0 aliphatic heterocycles. The number of nitrogens with one attached hydrogen (secondary N) is 3. The molecular formula is C21H18FN5O3. The fourth-order valence-electron chi connectivity index (χ4n) is 3.17. The predicted octanol–water partition coefficient (Wildman–Crippen LogP) is 2.05. The number of amides is 1.